The number of benzene rings is 1. The predicted molar refractivity (Wildman–Crippen MR) is 96.5 cm³/mol. The molecule has 0 N–H and O–H groups in total. The van der Waals surface area contributed by atoms with Crippen LogP contribution in [0.5, 0.6) is 11.5 Å². The summed E-state index contributed by atoms with van der Waals surface area (Å²) in [6.45, 7) is 6.87. The van der Waals surface area contributed by atoms with Crippen LogP contribution in [-0.4, -0.2) is 36.3 Å². The third kappa shape index (κ3) is 3.93. The molecule has 0 aliphatic carbocycles. The molecule has 24 heavy (non-hydrogen) atoms. The van der Waals surface area contributed by atoms with Gasteiger partial charge in [0, 0.05) is 6.54 Å². The SMILES string of the molecule is CCCCN1C(=O)S/C(=C\c2cc(OCC)c(OC)cc2C)C1=O. The van der Waals surface area contributed by atoms with Gasteiger partial charge in [0.05, 0.1) is 18.6 Å². The summed E-state index contributed by atoms with van der Waals surface area (Å²) in [5, 5.41) is -0.198. The minimum atomic E-state index is -0.216. The van der Waals surface area contributed by atoms with Crippen LogP contribution in [0.15, 0.2) is 17.0 Å². The number of ether oxygens (including phenoxy) is 2. The summed E-state index contributed by atoms with van der Waals surface area (Å²) < 4.78 is 10.9. The highest BCUT2D eigenvalue weighted by Gasteiger charge is 2.34. The normalized spacial score (nSPS) is 16.2. The second-order valence-electron chi connectivity index (χ2n) is 5.48. The van der Waals surface area contributed by atoms with E-state index in [1.54, 1.807) is 13.2 Å². The van der Waals surface area contributed by atoms with Crippen LogP contribution in [0.3, 0.4) is 0 Å². The second-order valence-corrected chi connectivity index (χ2v) is 6.47. The zero-order chi connectivity index (χ0) is 17.7. The first kappa shape index (κ1) is 18.4. The Hall–Kier alpha value is -1.95. The molecular formula is C18H23NO4S. The van der Waals surface area contributed by atoms with E-state index in [1.165, 1.54) is 4.90 Å². The molecule has 1 saturated heterocycles. The summed E-state index contributed by atoms with van der Waals surface area (Å²) in [6, 6.07) is 3.72. The molecular weight excluding hydrogens is 326 g/mol. The van der Waals surface area contributed by atoms with Crippen LogP contribution in [0.2, 0.25) is 0 Å². The van der Waals surface area contributed by atoms with Gasteiger partial charge in [-0.15, -0.1) is 0 Å². The topological polar surface area (TPSA) is 55.8 Å². The predicted octanol–water partition coefficient (Wildman–Crippen LogP) is 4.24. The highest BCUT2D eigenvalue weighted by molar-refractivity contribution is 8.18. The largest absolute Gasteiger partial charge is 0.493 e. The number of unbranched alkanes of at least 4 members (excludes halogenated alkanes) is 1. The van der Waals surface area contributed by atoms with Crippen molar-refractivity contribution < 1.29 is 19.1 Å². The van der Waals surface area contributed by atoms with Gasteiger partial charge in [0.15, 0.2) is 11.5 Å². The maximum atomic E-state index is 12.4. The summed E-state index contributed by atoms with van der Waals surface area (Å²) in [5.41, 5.74) is 1.80. The van der Waals surface area contributed by atoms with Gasteiger partial charge < -0.3 is 9.47 Å². The molecule has 0 saturated carbocycles. The van der Waals surface area contributed by atoms with Crippen molar-refractivity contribution in [3.63, 3.8) is 0 Å². The number of thioether (sulfide) groups is 1. The third-order valence-electron chi connectivity index (χ3n) is 3.75. The van der Waals surface area contributed by atoms with Gasteiger partial charge in [0.25, 0.3) is 11.1 Å². The lowest BCUT2D eigenvalue weighted by Gasteiger charge is -2.13. The Bertz CT molecular complexity index is 669. The fourth-order valence-corrected chi connectivity index (χ4v) is 3.27. The van der Waals surface area contributed by atoms with Gasteiger partial charge in [-0.1, -0.05) is 13.3 Å². The number of amides is 2. The Morgan fingerprint density at radius 3 is 2.58 bits per heavy atom. The number of aryl methyl sites for hydroxylation is 1. The van der Waals surface area contributed by atoms with E-state index in [2.05, 4.69) is 0 Å². The average molecular weight is 349 g/mol. The van der Waals surface area contributed by atoms with E-state index in [0.717, 1.165) is 35.7 Å². The van der Waals surface area contributed by atoms with Gasteiger partial charge in [0.2, 0.25) is 0 Å². The van der Waals surface area contributed by atoms with Gasteiger partial charge in [0.1, 0.15) is 0 Å². The van der Waals surface area contributed by atoms with Gasteiger partial charge in [-0.2, -0.15) is 0 Å². The maximum Gasteiger partial charge on any atom is 0.293 e. The lowest BCUT2D eigenvalue weighted by atomic mass is 10.1. The first-order valence-electron chi connectivity index (χ1n) is 8.08. The van der Waals surface area contributed by atoms with Gasteiger partial charge in [-0.25, -0.2) is 0 Å². The minimum absolute atomic E-state index is 0.198. The molecule has 6 heteroatoms. The molecule has 1 heterocycles. The van der Waals surface area contributed by atoms with Crippen LogP contribution < -0.4 is 9.47 Å². The van der Waals surface area contributed by atoms with E-state index in [-0.39, 0.29) is 11.1 Å². The molecule has 0 spiro atoms. The molecule has 1 aliphatic heterocycles. The van der Waals surface area contributed by atoms with E-state index in [9.17, 15) is 9.59 Å². The first-order chi connectivity index (χ1) is 11.5. The molecule has 1 fully saturated rings. The van der Waals surface area contributed by atoms with Crippen LogP contribution in [-0.2, 0) is 4.79 Å². The lowest BCUT2D eigenvalue weighted by Crippen LogP contribution is -2.29. The number of methoxy groups -OCH3 is 1. The van der Waals surface area contributed by atoms with E-state index in [4.69, 9.17) is 9.47 Å². The van der Waals surface area contributed by atoms with Crippen LogP contribution in [0, 0.1) is 6.92 Å². The summed E-state index contributed by atoms with van der Waals surface area (Å²) in [4.78, 5) is 26.2. The molecule has 2 rings (SSSR count). The summed E-state index contributed by atoms with van der Waals surface area (Å²) in [6.07, 6.45) is 3.52. The summed E-state index contributed by atoms with van der Waals surface area (Å²) in [7, 11) is 1.59. The molecule has 1 aromatic rings. The summed E-state index contributed by atoms with van der Waals surface area (Å²) in [5.74, 6) is 1.07. The zero-order valence-electron chi connectivity index (χ0n) is 14.5. The van der Waals surface area contributed by atoms with E-state index in [1.807, 2.05) is 32.9 Å². The van der Waals surface area contributed by atoms with Crippen LogP contribution in [0.1, 0.15) is 37.8 Å². The van der Waals surface area contributed by atoms with Crippen molar-refractivity contribution in [2.45, 2.75) is 33.6 Å². The van der Waals surface area contributed by atoms with Crippen molar-refractivity contribution in [3.8, 4) is 11.5 Å². The monoisotopic (exact) mass is 349 g/mol. The summed E-state index contributed by atoms with van der Waals surface area (Å²) >= 11 is 0.991. The number of hydrogen-bond donors (Lipinski definition) is 0. The molecule has 1 aromatic carbocycles. The molecule has 0 bridgehead atoms. The van der Waals surface area contributed by atoms with E-state index >= 15 is 0 Å². The van der Waals surface area contributed by atoms with Crippen molar-refractivity contribution in [2.24, 2.45) is 0 Å². The van der Waals surface area contributed by atoms with Crippen molar-refractivity contribution in [1.29, 1.82) is 0 Å². The molecule has 0 radical (unpaired) electrons. The Morgan fingerprint density at radius 1 is 1.21 bits per heavy atom. The number of hydrogen-bond acceptors (Lipinski definition) is 5. The van der Waals surface area contributed by atoms with Crippen molar-refractivity contribution in [2.75, 3.05) is 20.3 Å². The quantitative estimate of drug-likeness (QED) is 0.689. The number of imide groups is 1. The number of carbonyl (C=O) groups is 2. The molecule has 2 amide bonds. The van der Waals surface area contributed by atoms with E-state index < -0.39 is 0 Å². The van der Waals surface area contributed by atoms with Gasteiger partial charge >= 0.3 is 0 Å². The number of carbonyl (C=O) groups excluding carboxylic acids is 2. The standard InChI is InChI=1S/C18H23NO4S/c1-5-7-8-19-17(20)16(24-18(19)21)11-13-10-15(23-6-2)14(22-4)9-12(13)3/h9-11H,5-8H2,1-4H3/b16-11-. The third-order valence-corrected chi connectivity index (χ3v) is 4.65. The van der Waals surface area contributed by atoms with Crippen LogP contribution in [0.25, 0.3) is 6.08 Å². The Labute approximate surface area is 147 Å². The smallest absolute Gasteiger partial charge is 0.293 e. The average Bonchev–Trinajstić information content (AvgIpc) is 2.82. The molecule has 0 aromatic heterocycles. The maximum absolute atomic E-state index is 12.4. The van der Waals surface area contributed by atoms with Crippen molar-refractivity contribution in [1.82, 2.24) is 4.90 Å². The molecule has 0 atom stereocenters. The highest BCUT2D eigenvalue weighted by Crippen LogP contribution is 2.36. The molecule has 1 aliphatic rings. The van der Waals surface area contributed by atoms with Crippen molar-refractivity contribution in [3.05, 3.63) is 28.2 Å². The number of nitrogens with zero attached hydrogens (tertiary/aromatic N) is 1. The lowest BCUT2D eigenvalue weighted by molar-refractivity contribution is -0.122. The highest BCUT2D eigenvalue weighted by atomic mass is 32.2. The molecule has 5 nitrogen and oxygen atoms in total. The van der Waals surface area contributed by atoms with E-state index in [0.29, 0.717) is 29.6 Å². The van der Waals surface area contributed by atoms with Crippen LogP contribution in [0.4, 0.5) is 4.79 Å². The second kappa shape index (κ2) is 8.24. The van der Waals surface area contributed by atoms with Gasteiger partial charge in [-0.05, 0) is 61.4 Å². The number of rotatable bonds is 7. The van der Waals surface area contributed by atoms with Crippen LogP contribution >= 0.6 is 11.8 Å². The Kier molecular flexibility index (Phi) is 6.31. The molecule has 130 valence electrons. The van der Waals surface area contributed by atoms with Gasteiger partial charge in [-0.3, -0.25) is 14.5 Å². The zero-order valence-corrected chi connectivity index (χ0v) is 15.4. The molecule has 0 unspecified atom stereocenters. The fourth-order valence-electron chi connectivity index (χ4n) is 2.41. The fraction of sp³-hybridized carbons (Fsp3) is 0.444. The van der Waals surface area contributed by atoms with Crippen molar-refractivity contribution >= 4 is 29.0 Å². The Morgan fingerprint density at radius 2 is 1.96 bits per heavy atom. The Balaban J connectivity index is 2.32. The first-order valence-corrected chi connectivity index (χ1v) is 8.90. The minimum Gasteiger partial charge on any atom is -0.493 e.